The highest BCUT2D eigenvalue weighted by Gasteiger charge is 2.15. The second-order valence-corrected chi connectivity index (χ2v) is 9.36. The fourth-order valence-electron chi connectivity index (χ4n) is 4.11. The molecular weight excluding hydrogens is 487 g/mol. The van der Waals surface area contributed by atoms with Gasteiger partial charge in [-0.1, -0.05) is 23.2 Å². The lowest BCUT2D eigenvalue weighted by Crippen LogP contribution is -2.44. The van der Waals surface area contributed by atoms with Crippen LogP contribution in [0.3, 0.4) is 0 Å². The summed E-state index contributed by atoms with van der Waals surface area (Å²) < 4.78 is 17.4. The topological polar surface area (TPSA) is 59.1 Å². The van der Waals surface area contributed by atoms with E-state index in [0.29, 0.717) is 46.2 Å². The minimum absolute atomic E-state index is 0.454. The third kappa shape index (κ3) is 6.41. The summed E-state index contributed by atoms with van der Waals surface area (Å²) >= 11 is 12.6. The van der Waals surface area contributed by atoms with Crippen molar-refractivity contribution < 1.29 is 14.2 Å². The Morgan fingerprint density at radius 2 is 1.71 bits per heavy atom. The molecule has 0 unspecified atom stereocenters. The van der Waals surface area contributed by atoms with E-state index in [1.54, 1.807) is 25.4 Å². The number of halogens is 2. The minimum atomic E-state index is 0.454. The van der Waals surface area contributed by atoms with Crippen LogP contribution in [0.1, 0.15) is 13.3 Å². The first-order valence-electron chi connectivity index (χ1n) is 11.9. The molecule has 1 N–H and O–H groups in total. The van der Waals surface area contributed by atoms with Gasteiger partial charge in [0, 0.05) is 62.1 Å². The van der Waals surface area contributed by atoms with E-state index in [0.717, 1.165) is 55.7 Å². The number of likely N-dealkylation sites (N-methyl/N-ethyl adjacent to an activating group) is 1. The Labute approximate surface area is 216 Å². The third-order valence-electron chi connectivity index (χ3n) is 6.09. The van der Waals surface area contributed by atoms with E-state index >= 15 is 0 Å². The summed E-state index contributed by atoms with van der Waals surface area (Å²) in [5.74, 6) is 1.93. The molecule has 1 aliphatic heterocycles. The summed E-state index contributed by atoms with van der Waals surface area (Å²) in [7, 11) is 3.74. The van der Waals surface area contributed by atoms with E-state index in [-0.39, 0.29) is 0 Å². The van der Waals surface area contributed by atoms with Crippen molar-refractivity contribution in [2.24, 2.45) is 0 Å². The molecule has 4 rings (SSSR count). The molecule has 3 aromatic rings. The zero-order chi connectivity index (χ0) is 24.8. The highest BCUT2D eigenvalue weighted by atomic mass is 35.5. The molecule has 0 saturated carbocycles. The molecule has 188 valence electrons. The lowest BCUT2D eigenvalue weighted by atomic mass is 10.1. The van der Waals surface area contributed by atoms with E-state index in [1.807, 2.05) is 25.1 Å². The highest BCUT2D eigenvalue weighted by molar-refractivity contribution is 6.37. The molecule has 0 aliphatic carbocycles. The Morgan fingerprint density at radius 1 is 0.943 bits per heavy atom. The van der Waals surface area contributed by atoms with Gasteiger partial charge >= 0.3 is 0 Å². The van der Waals surface area contributed by atoms with Gasteiger partial charge in [0.2, 0.25) is 0 Å². The Kier molecular flexibility index (Phi) is 8.78. The number of nitrogens with zero attached hydrogens (tertiary/aromatic N) is 3. The number of hydrogen-bond acceptors (Lipinski definition) is 7. The lowest BCUT2D eigenvalue weighted by molar-refractivity contribution is 0.145. The minimum Gasteiger partial charge on any atom is -0.495 e. The van der Waals surface area contributed by atoms with Gasteiger partial charge in [-0.25, -0.2) is 0 Å². The highest BCUT2D eigenvalue weighted by Crippen LogP contribution is 2.39. The Hall–Kier alpha value is -2.45. The standard InChI is InChI=1S/C26H32Cl2N4O3/c1-4-34-25-14-18-21(30-23-17-24(33-3)20(28)15-19(23)27)6-7-29-22(18)16-26(25)35-13-5-8-32-11-9-31(2)10-12-32/h6-7,14-17H,4-5,8-13H2,1-3H3,(H,29,30). The van der Waals surface area contributed by atoms with Gasteiger partial charge in [-0.05, 0) is 38.6 Å². The molecular formula is C26H32Cl2N4O3. The second kappa shape index (κ2) is 12.0. The average molecular weight is 519 g/mol. The zero-order valence-electron chi connectivity index (χ0n) is 20.4. The number of anilines is 2. The summed E-state index contributed by atoms with van der Waals surface area (Å²) in [6, 6.07) is 9.23. The smallest absolute Gasteiger partial charge is 0.163 e. The van der Waals surface area contributed by atoms with Crippen molar-refractivity contribution in [1.82, 2.24) is 14.8 Å². The van der Waals surface area contributed by atoms with Gasteiger partial charge in [-0.2, -0.15) is 0 Å². The van der Waals surface area contributed by atoms with E-state index in [4.69, 9.17) is 37.4 Å². The molecule has 0 bridgehead atoms. The summed E-state index contributed by atoms with van der Waals surface area (Å²) in [4.78, 5) is 9.41. The molecule has 1 aromatic heterocycles. The van der Waals surface area contributed by atoms with Crippen LogP contribution in [-0.2, 0) is 0 Å². The van der Waals surface area contributed by atoms with Gasteiger partial charge in [-0.3, -0.25) is 4.98 Å². The first kappa shape index (κ1) is 25.6. The van der Waals surface area contributed by atoms with Crippen LogP contribution in [0.15, 0.2) is 36.5 Å². The van der Waals surface area contributed by atoms with Gasteiger partial charge in [0.15, 0.2) is 11.5 Å². The molecule has 2 aromatic carbocycles. The number of rotatable bonds is 10. The number of piperazine rings is 1. The van der Waals surface area contributed by atoms with Crippen molar-refractivity contribution in [3.63, 3.8) is 0 Å². The van der Waals surface area contributed by atoms with Crippen molar-refractivity contribution in [2.45, 2.75) is 13.3 Å². The van der Waals surface area contributed by atoms with Crippen LogP contribution in [0.5, 0.6) is 17.2 Å². The lowest BCUT2D eigenvalue weighted by Gasteiger charge is -2.32. The maximum absolute atomic E-state index is 6.43. The second-order valence-electron chi connectivity index (χ2n) is 8.55. The van der Waals surface area contributed by atoms with Gasteiger partial charge < -0.3 is 29.3 Å². The van der Waals surface area contributed by atoms with E-state index in [9.17, 15) is 0 Å². The molecule has 0 radical (unpaired) electrons. The Bertz CT molecular complexity index is 1150. The van der Waals surface area contributed by atoms with Gasteiger partial charge in [0.05, 0.1) is 41.6 Å². The molecule has 1 fully saturated rings. The van der Waals surface area contributed by atoms with Crippen molar-refractivity contribution in [2.75, 3.05) is 65.4 Å². The number of ether oxygens (including phenoxy) is 3. The molecule has 2 heterocycles. The molecule has 0 amide bonds. The summed E-state index contributed by atoms with van der Waals surface area (Å²) in [6.07, 6.45) is 2.71. The van der Waals surface area contributed by atoms with E-state index in [1.165, 1.54) is 0 Å². The number of pyridine rings is 1. The van der Waals surface area contributed by atoms with Crippen LogP contribution in [0, 0.1) is 0 Å². The SMILES string of the molecule is CCOc1cc2c(Nc3cc(OC)c(Cl)cc3Cl)ccnc2cc1OCCCN1CCN(C)CC1. The largest absolute Gasteiger partial charge is 0.495 e. The summed E-state index contributed by atoms with van der Waals surface area (Å²) in [5.41, 5.74) is 2.32. The normalized spacial score (nSPS) is 14.8. The molecule has 0 atom stereocenters. The van der Waals surface area contributed by atoms with Crippen molar-refractivity contribution in [3.8, 4) is 17.2 Å². The Balaban J connectivity index is 1.51. The van der Waals surface area contributed by atoms with Crippen LogP contribution in [-0.4, -0.2) is 74.9 Å². The predicted octanol–water partition coefficient (Wildman–Crippen LogP) is 5.71. The monoisotopic (exact) mass is 518 g/mol. The maximum Gasteiger partial charge on any atom is 0.163 e. The first-order valence-corrected chi connectivity index (χ1v) is 12.6. The van der Waals surface area contributed by atoms with Gasteiger partial charge in [0.1, 0.15) is 5.75 Å². The number of methoxy groups -OCH3 is 1. The molecule has 35 heavy (non-hydrogen) atoms. The predicted molar refractivity (Wildman–Crippen MR) is 143 cm³/mol. The van der Waals surface area contributed by atoms with Gasteiger partial charge in [-0.15, -0.1) is 0 Å². The summed E-state index contributed by atoms with van der Waals surface area (Å²) in [5, 5.41) is 5.22. The number of aromatic nitrogens is 1. The number of fused-ring (bicyclic) bond motifs is 1. The van der Waals surface area contributed by atoms with Crippen LogP contribution in [0.2, 0.25) is 10.0 Å². The van der Waals surface area contributed by atoms with Crippen molar-refractivity contribution >= 4 is 45.5 Å². The van der Waals surface area contributed by atoms with Crippen LogP contribution >= 0.6 is 23.2 Å². The molecule has 1 aliphatic rings. The molecule has 9 heteroatoms. The molecule has 7 nitrogen and oxygen atoms in total. The number of nitrogens with one attached hydrogen (secondary N) is 1. The van der Waals surface area contributed by atoms with Crippen molar-refractivity contribution in [1.29, 1.82) is 0 Å². The number of hydrogen-bond donors (Lipinski definition) is 1. The summed E-state index contributed by atoms with van der Waals surface area (Å²) in [6.45, 7) is 8.61. The third-order valence-corrected chi connectivity index (χ3v) is 6.70. The fraction of sp³-hybridized carbons (Fsp3) is 0.423. The fourth-order valence-corrected chi connectivity index (χ4v) is 4.62. The van der Waals surface area contributed by atoms with Crippen LogP contribution in [0.4, 0.5) is 11.4 Å². The van der Waals surface area contributed by atoms with E-state index < -0.39 is 0 Å². The van der Waals surface area contributed by atoms with Crippen LogP contribution in [0.25, 0.3) is 10.9 Å². The van der Waals surface area contributed by atoms with E-state index in [2.05, 4.69) is 27.1 Å². The first-order chi connectivity index (χ1) is 17.0. The quantitative estimate of drug-likeness (QED) is 0.345. The van der Waals surface area contributed by atoms with Crippen LogP contribution < -0.4 is 19.5 Å². The average Bonchev–Trinajstić information content (AvgIpc) is 2.85. The van der Waals surface area contributed by atoms with Crippen molar-refractivity contribution in [3.05, 3.63) is 46.6 Å². The maximum atomic E-state index is 6.43. The zero-order valence-corrected chi connectivity index (χ0v) is 22.0. The number of benzene rings is 2. The van der Waals surface area contributed by atoms with Gasteiger partial charge in [0.25, 0.3) is 0 Å². The molecule has 0 spiro atoms. The Morgan fingerprint density at radius 3 is 2.46 bits per heavy atom. The molecule has 1 saturated heterocycles.